The van der Waals surface area contributed by atoms with E-state index in [1.54, 1.807) is 5.38 Å². The number of nitrogens with one attached hydrogen (secondary N) is 1. The number of aromatic nitrogens is 1. The summed E-state index contributed by atoms with van der Waals surface area (Å²) in [5.41, 5.74) is 7.14. The standard InChI is InChI=1S/C16H21N3O2S.ClH/c1-12-4-6-13(7-5-12)21-9-3-2-8-18-16(20)14-11-22-15(10-17)19-14;/h4-7,11H,2-3,8-10,17H2,1H3,(H,18,20);1H. The van der Waals surface area contributed by atoms with E-state index in [4.69, 9.17) is 10.5 Å². The van der Waals surface area contributed by atoms with Gasteiger partial charge in [0.2, 0.25) is 0 Å². The lowest BCUT2D eigenvalue weighted by Crippen LogP contribution is -2.25. The number of nitrogens with two attached hydrogens (primary N) is 1. The first-order valence-electron chi connectivity index (χ1n) is 7.31. The topological polar surface area (TPSA) is 77.2 Å². The molecule has 0 fully saturated rings. The average Bonchev–Trinajstić information content (AvgIpc) is 3.01. The maximum Gasteiger partial charge on any atom is 0.270 e. The number of ether oxygens (including phenoxy) is 1. The zero-order valence-corrected chi connectivity index (χ0v) is 14.7. The molecule has 0 aliphatic rings. The summed E-state index contributed by atoms with van der Waals surface area (Å²) < 4.78 is 5.63. The number of nitrogens with zero attached hydrogens (tertiary/aromatic N) is 1. The van der Waals surface area contributed by atoms with Gasteiger partial charge in [0.05, 0.1) is 6.61 Å². The number of rotatable bonds is 8. The van der Waals surface area contributed by atoms with E-state index in [1.807, 2.05) is 31.2 Å². The number of amides is 1. The second-order valence-electron chi connectivity index (χ2n) is 4.96. The van der Waals surface area contributed by atoms with Crippen molar-refractivity contribution in [1.29, 1.82) is 0 Å². The van der Waals surface area contributed by atoms with Crippen molar-refractivity contribution in [2.45, 2.75) is 26.3 Å². The zero-order valence-electron chi connectivity index (χ0n) is 13.1. The third kappa shape index (κ3) is 6.56. The van der Waals surface area contributed by atoms with Gasteiger partial charge >= 0.3 is 0 Å². The average molecular weight is 356 g/mol. The van der Waals surface area contributed by atoms with Crippen LogP contribution in [0.3, 0.4) is 0 Å². The second kappa shape index (κ2) is 10.2. The first kappa shape index (κ1) is 19.4. The molecular formula is C16H22ClN3O2S. The Labute approximate surface area is 146 Å². The van der Waals surface area contributed by atoms with E-state index in [0.717, 1.165) is 23.6 Å². The van der Waals surface area contributed by atoms with Crippen LogP contribution in [0.2, 0.25) is 0 Å². The van der Waals surface area contributed by atoms with Crippen molar-refractivity contribution in [3.8, 4) is 5.75 Å². The van der Waals surface area contributed by atoms with Gasteiger partial charge in [-0.3, -0.25) is 4.79 Å². The van der Waals surface area contributed by atoms with Crippen LogP contribution in [-0.4, -0.2) is 24.0 Å². The Hall–Kier alpha value is -1.63. The van der Waals surface area contributed by atoms with E-state index in [2.05, 4.69) is 10.3 Å². The van der Waals surface area contributed by atoms with Crippen LogP contribution in [0.5, 0.6) is 5.75 Å². The smallest absolute Gasteiger partial charge is 0.270 e. The van der Waals surface area contributed by atoms with Crippen LogP contribution >= 0.6 is 23.7 Å². The predicted molar refractivity (Wildman–Crippen MR) is 95.5 cm³/mol. The summed E-state index contributed by atoms with van der Waals surface area (Å²) in [6, 6.07) is 7.99. The third-order valence-electron chi connectivity index (χ3n) is 3.11. The summed E-state index contributed by atoms with van der Waals surface area (Å²) in [6.07, 6.45) is 1.75. The van der Waals surface area contributed by atoms with Crippen molar-refractivity contribution >= 4 is 29.7 Å². The largest absolute Gasteiger partial charge is 0.494 e. The maximum atomic E-state index is 11.8. The molecule has 1 aromatic heterocycles. The van der Waals surface area contributed by atoms with Crippen LogP contribution in [-0.2, 0) is 6.54 Å². The molecule has 7 heteroatoms. The monoisotopic (exact) mass is 355 g/mol. The zero-order chi connectivity index (χ0) is 15.8. The molecule has 0 aliphatic carbocycles. The van der Waals surface area contributed by atoms with E-state index in [-0.39, 0.29) is 18.3 Å². The Kier molecular flexibility index (Phi) is 8.61. The molecule has 1 heterocycles. The molecule has 0 saturated carbocycles. The van der Waals surface area contributed by atoms with Gasteiger partial charge in [0.25, 0.3) is 5.91 Å². The van der Waals surface area contributed by atoms with Gasteiger partial charge in [-0.1, -0.05) is 17.7 Å². The van der Waals surface area contributed by atoms with Gasteiger partial charge in [-0.05, 0) is 31.9 Å². The van der Waals surface area contributed by atoms with Gasteiger partial charge in [0.15, 0.2) is 0 Å². The fourth-order valence-electron chi connectivity index (χ4n) is 1.85. The van der Waals surface area contributed by atoms with Crippen molar-refractivity contribution in [2.75, 3.05) is 13.2 Å². The molecule has 2 rings (SSSR count). The Morgan fingerprint density at radius 2 is 2.04 bits per heavy atom. The molecule has 5 nitrogen and oxygen atoms in total. The lowest BCUT2D eigenvalue weighted by atomic mass is 10.2. The molecule has 2 aromatic rings. The van der Waals surface area contributed by atoms with E-state index in [1.165, 1.54) is 16.9 Å². The van der Waals surface area contributed by atoms with Crippen LogP contribution in [0.1, 0.15) is 33.9 Å². The number of benzene rings is 1. The molecule has 0 spiro atoms. The molecule has 3 N–H and O–H groups in total. The predicted octanol–water partition coefficient (Wildman–Crippen LogP) is 2.92. The molecule has 23 heavy (non-hydrogen) atoms. The molecule has 0 atom stereocenters. The molecule has 0 radical (unpaired) electrons. The quantitative estimate of drug-likeness (QED) is 0.714. The van der Waals surface area contributed by atoms with Crippen molar-refractivity contribution < 1.29 is 9.53 Å². The van der Waals surface area contributed by atoms with Crippen LogP contribution in [0.25, 0.3) is 0 Å². The van der Waals surface area contributed by atoms with Crippen molar-refractivity contribution in [3.05, 3.63) is 45.9 Å². The van der Waals surface area contributed by atoms with Gasteiger partial charge in [0, 0.05) is 18.5 Å². The Morgan fingerprint density at radius 3 is 2.70 bits per heavy atom. The minimum atomic E-state index is -0.143. The number of hydrogen-bond acceptors (Lipinski definition) is 5. The lowest BCUT2D eigenvalue weighted by molar-refractivity contribution is 0.0948. The number of thiazole rings is 1. The summed E-state index contributed by atoms with van der Waals surface area (Å²) in [6.45, 7) is 3.68. The van der Waals surface area contributed by atoms with Gasteiger partial charge in [-0.25, -0.2) is 4.98 Å². The number of unbranched alkanes of at least 4 members (excludes halogenated alkanes) is 1. The first-order chi connectivity index (χ1) is 10.7. The van der Waals surface area contributed by atoms with Crippen LogP contribution in [0, 0.1) is 6.92 Å². The van der Waals surface area contributed by atoms with E-state index >= 15 is 0 Å². The molecule has 126 valence electrons. The fraction of sp³-hybridized carbons (Fsp3) is 0.375. The van der Waals surface area contributed by atoms with Crippen LogP contribution in [0.4, 0.5) is 0 Å². The highest BCUT2D eigenvalue weighted by molar-refractivity contribution is 7.09. The van der Waals surface area contributed by atoms with Crippen LogP contribution in [0.15, 0.2) is 29.6 Å². The molecule has 0 bridgehead atoms. The normalized spacial score (nSPS) is 10.0. The number of carbonyl (C=O) groups excluding carboxylic acids is 1. The number of halogens is 1. The Bertz CT molecular complexity index is 602. The molecule has 0 saturated heterocycles. The number of hydrogen-bond donors (Lipinski definition) is 2. The lowest BCUT2D eigenvalue weighted by Gasteiger charge is -2.07. The molecule has 0 unspecified atom stereocenters. The summed E-state index contributed by atoms with van der Waals surface area (Å²) in [5.74, 6) is 0.738. The maximum absolute atomic E-state index is 11.8. The SMILES string of the molecule is Cc1ccc(OCCCCNC(=O)c2csc(CN)n2)cc1.Cl. The highest BCUT2D eigenvalue weighted by atomic mass is 35.5. The number of carbonyl (C=O) groups is 1. The molecule has 1 aromatic carbocycles. The first-order valence-corrected chi connectivity index (χ1v) is 8.19. The highest BCUT2D eigenvalue weighted by Gasteiger charge is 2.09. The van der Waals surface area contributed by atoms with Gasteiger partial charge in [0.1, 0.15) is 16.5 Å². The summed E-state index contributed by atoms with van der Waals surface area (Å²) in [7, 11) is 0. The van der Waals surface area contributed by atoms with Crippen molar-refractivity contribution in [1.82, 2.24) is 10.3 Å². The Morgan fingerprint density at radius 1 is 1.30 bits per heavy atom. The minimum absolute atomic E-state index is 0. The van der Waals surface area contributed by atoms with Crippen LogP contribution < -0.4 is 15.8 Å². The Balaban J connectivity index is 0.00000264. The minimum Gasteiger partial charge on any atom is -0.494 e. The van der Waals surface area contributed by atoms with E-state index in [0.29, 0.717) is 25.4 Å². The summed E-state index contributed by atoms with van der Waals surface area (Å²) in [5, 5.41) is 5.36. The van der Waals surface area contributed by atoms with E-state index < -0.39 is 0 Å². The van der Waals surface area contributed by atoms with Gasteiger partial charge in [-0.2, -0.15) is 0 Å². The van der Waals surface area contributed by atoms with Gasteiger partial charge < -0.3 is 15.8 Å². The van der Waals surface area contributed by atoms with Crippen molar-refractivity contribution in [3.63, 3.8) is 0 Å². The number of aryl methyl sites for hydroxylation is 1. The fourth-order valence-corrected chi connectivity index (χ4v) is 2.51. The van der Waals surface area contributed by atoms with Gasteiger partial charge in [-0.15, -0.1) is 23.7 Å². The molecule has 0 aliphatic heterocycles. The van der Waals surface area contributed by atoms with Crippen molar-refractivity contribution in [2.24, 2.45) is 5.73 Å². The van der Waals surface area contributed by atoms with E-state index in [9.17, 15) is 4.79 Å². The molecular weight excluding hydrogens is 334 g/mol. The molecule has 1 amide bonds. The second-order valence-corrected chi connectivity index (χ2v) is 5.90. The summed E-state index contributed by atoms with van der Waals surface area (Å²) >= 11 is 1.41. The summed E-state index contributed by atoms with van der Waals surface area (Å²) in [4.78, 5) is 16.0. The highest BCUT2D eigenvalue weighted by Crippen LogP contribution is 2.12. The third-order valence-corrected chi connectivity index (χ3v) is 3.98.